The second-order valence-corrected chi connectivity index (χ2v) is 4.81. The van der Waals surface area contributed by atoms with Crippen molar-refractivity contribution < 1.29 is 4.79 Å². The molecule has 2 rings (SSSR count). The molecule has 0 heterocycles. The van der Waals surface area contributed by atoms with E-state index in [0.29, 0.717) is 0 Å². The number of hydrogen-bond donors (Lipinski definition) is 1. The van der Waals surface area contributed by atoms with Gasteiger partial charge in [-0.3, -0.25) is 4.79 Å². The van der Waals surface area contributed by atoms with Gasteiger partial charge < -0.3 is 0 Å². The number of carbonyl (C=O) groups excluding carboxylic acids is 1. The van der Waals surface area contributed by atoms with E-state index in [0.717, 1.165) is 19.3 Å². The molecule has 3 nitrogen and oxygen atoms in total. The fraction of sp³-hybridized carbons (Fsp3) is 0.467. The molecule has 0 unspecified atom stereocenters. The molecule has 1 saturated carbocycles. The zero-order valence-electron chi connectivity index (χ0n) is 10.6. The Morgan fingerprint density at radius 2 is 1.94 bits per heavy atom. The van der Waals surface area contributed by atoms with Crippen LogP contribution in [0.5, 0.6) is 0 Å². The molecule has 1 N–H and O–H groups in total. The Bertz CT molecular complexity index is 394. The first-order valence-corrected chi connectivity index (χ1v) is 6.71. The Morgan fingerprint density at radius 1 is 1.22 bits per heavy atom. The number of hydrazone groups is 1. The first-order valence-electron chi connectivity index (χ1n) is 6.71. The molecule has 1 amide bonds. The number of rotatable bonds is 4. The Morgan fingerprint density at radius 3 is 2.67 bits per heavy atom. The van der Waals surface area contributed by atoms with E-state index in [9.17, 15) is 4.79 Å². The molecule has 1 fully saturated rings. The quantitative estimate of drug-likeness (QED) is 0.642. The van der Waals surface area contributed by atoms with Crippen molar-refractivity contribution in [3.63, 3.8) is 0 Å². The van der Waals surface area contributed by atoms with Gasteiger partial charge in [-0.1, -0.05) is 49.6 Å². The molecule has 0 saturated heterocycles. The molecule has 1 aliphatic carbocycles. The molecule has 96 valence electrons. The van der Waals surface area contributed by atoms with E-state index >= 15 is 0 Å². The summed E-state index contributed by atoms with van der Waals surface area (Å²) in [5.41, 5.74) is 3.86. The van der Waals surface area contributed by atoms with Gasteiger partial charge in [0.15, 0.2) is 0 Å². The van der Waals surface area contributed by atoms with Crippen molar-refractivity contribution >= 4 is 12.1 Å². The summed E-state index contributed by atoms with van der Waals surface area (Å²) in [7, 11) is 0. The second-order valence-electron chi connectivity index (χ2n) is 4.81. The van der Waals surface area contributed by atoms with Crippen molar-refractivity contribution in [3.05, 3.63) is 35.9 Å². The molecule has 0 bridgehead atoms. The maximum Gasteiger partial charge on any atom is 0.243 e. The number of hydrogen-bond acceptors (Lipinski definition) is 2. The van der Waals surface area contributed by atoms with Crippen molar-refractivity contribution in [1.82, 2.24) is 5.43 Å². The minimum absolute atomic E-state index is 0.0824. The highest BCUT2D eigenvalue weighted by atomic mass is 16.2. The first-order chi connectivity index (χ1) is 8.86. The molecule has 3 heteroatoms. The monoisotopic (exact) mass is 244 g/mol. The second kappa shape index (κ2) is 6.94. The summed E-state index contributed by atoms with van der Waals surface area (Å²) in [5, 5.41) is 4.02. The van der Waals surface area contributed by atoms with Crippen LogP contribution < -0.4 is 5.43 Å². The molecular formula is C15H20N2O. The minimum Gasteiger partial charge on any atom is -0.273 e. The molecule has 1 aromatic carbocycles. The molecule has 0 spiro atoms. The highest BCUT2D eigenvalue weighted by Gasteiger charge is 2.20. The maximum atomic E-state index is 11.8. The first kappa shape index (κ1) is 12.8. The van der Waals surface area contributed by atoms with Gasteiger partial charge in [0, 0.05) is 18.6 Å². The largest absolute Gasteiger partial charge is 0.273 e. The molecule has 0 radical (unpaired) electrons. The number of carbonyl (C=O) groups is 1. The maximum absolute atomic E-state index is 11.8. The molecular weight excluding hydrogens is 224 g/mol. The van der Waals surface area contributed by atoms with E-state index in [1.54, 1.807) is 6.21 Å². The topological polar surface area (TPSA) is 41.5 Å². The lowest BCUT2D eigenvalue weighted by Gasteiger charge is -2.19. The Labute approximate surface area is 108 Å². The summed E-state index contributed by atoms with van der Waals surface area (Å²) in [6, 6.07) is 10.1. The van der Waals surface area contributed by atoms with Crippen LogP contribution in [-0.4, -0.2) is 12.1 Å². The van der Waals surface area contributed by atoms with E-state index in [-0.39, 0.29) is 11.8 Å². The molecule has 1 aromatic rings. The van der Waals surface area contributed by atoms with Crippen LogP contribution >= 0.6 is 0 Å². The van der Waals surface area contributed by atoms with E-state index in [1.165, 1.54) is 24.8 Å². The fourth-order valence-electron chi connectivity index (χ4n) is 2.33. The number of amides is 1. The van der Waals surface area contributed by atoms with Crippen molar-refractivity contribution in [1.29, 1.82) is 0 Å². The fourth-order valence-corrected chi connectivity index (χ4v) is 2.33. The van der Waals surface area contributed by atoms with Crippen molar-refractivity contribution in [2.24, 2.45) is 11.0 Å². The Kier molecular flexibility index (Phi) is 4.94. The third kappa shape index (κ3) is 3.99. The molecule has 1 aliphatic rings. The van der Waals surface area contributed by atoms with Crippen LogP contribution in [0.15, 0.2) is 35.4 Å². The average molecular weight is 244 g/mol. The van der Waals surface area contributed by atoms with Gasteiger partial charge in [0.1, 0.15) is 0 Å². The summed E-state index contributed by atoms with van der Waals surface area (Å²) in [6.45, 7) is 0. The predicted molar refractivity (Wildman–Crippen MR) is 73.4 cm³/mol. The van der Waals surface area contributed by atoms with Crippen molar-refractivity contribution in [2.75, 3.05) is 0 Å². The summed E-state index contributed by atoms with van der Waals surface area (Å²) in [6.07, 6.45) is 8.15. The van der Waals surface area contributed by atoms with Crippen LogP contribution in [-0.2, 0) is 11.2 Å². The standard InChI is InChI=1S/C15H20N2O/c18-15(14-9-5-2-6-10-14)17-16-12-11-13-7-3-1-4-8-13/h1,3-4,7-8,12,14H,2,5-6,9-11H2,(H,17,18). The van der Waals surface area contributed by atoms with Crippen molar-refractivity contribution in [3.8, 4) is 0 Å². The van der Waals surface area contributed by atoms with E-state index in [4.69, 9.17) is 0 Å². The highest BCUT2D eigenvalue weighted by Crippen LogP contribution is 2.23. The van der Waals surface area contributed by atoms with Crippen LogP contribution in [0.25, 0.3) is 0 Å². The highest BCUT2D eigenvalue weighted by molar-refractivity contribution is 5.79. The summed E-state index contributed by atoms with van der Waals surface area (Å²) in [4.78, 5) is 11.8. The molecule has 18 heavy (non-hydrogen) atoms. The van der Waals surface area contributed by atoms with E-state index < -0.39 is 0 Å². The summed E-state index contributed by atoms with van der Waals surface area (Å²) < 4.78 is 0. The van der Waals surface area contributed by atoms with Crippen LogP contribution in [0.2, 0.25) is 0 Å². The molecule has 0 aromatic heterocycles. The van der Waals surface area contributed by atoms with Crippen LogP contribution in [0.3, 0.4) is 0 Å². The smallest absolute Gasteiger partial charge is 0.243 e. The van der Waals surface area contributed by atoms with E-state index in [1.807, 2.05) is 18.2 Å². The third-order valence-electron chi connectivity index (χ3n) is 3.41. The van der Waals surface area contributed by atoms with Gasteiger partial charge in [0.2, 0.25) is 5.91 Å². The molecule has 0 atom stereocenters. The van der Waals surface area contributed by atoms with Crippen LogP contribution in [0.4, 0.5) is 0 Å². The van der Waals surface area contributed by atoms with Gasteiger partial charge >= 0.3 is 0 Å². The summed E-state index contributed by atoms with van der Waals surface area (Å²) >= 11 is 0. The predicted octanol–water partition coefficient (Wildman–Crippen LogP) is 2.91. The number of nitrogens with one attached hydrogen (secondary N) is 1. The van der Waals surface area contributed by atoms with Gasteiger partial charge in [-0.05, 0) is 18.4 Å². The SMILES string of the molecule is O=C(NN=CCc1ccccc1)C1CCCCC1. The van der Waals surface area contributed by atoms with Gasteiger partial charge in [0.05, 0.1) is 0 Å². The Hall–Kier alpha value is -1.64. The van der Waals surface area contributed by atoms with Gasteiger partial charge in [-0.15, -0.1) is 0 Å². The zero-order chi connectivity index (χ0) is 12.6. The van der Waals surface area contributed by atoms with Crippen LogP contribution in [0.1, 0.15) is 37.7 Å². The average Bonchev–Trinajstić information content (AvgIpc) is 2.45. The zero-order valence-corrected chi connectivity index (χ0v) is 10.6. The van der Waals surface area contributed by atoms with Gasteiger partial charge in [-0.2, -0.15) is 5.10 Å². The van der Waals surface area contributed by atoms with E-state index in [2.05, 4.69) is 22.7 Å². The Balaban J connectivity index is 1.72. The number of benzene rings is 1. The normalized spacial score (nSPS) is 16.9. The van der Waals surface area contributed by atoms with Gasteiger partial charge in [-0.25, -0.2) is 5.43 Å². The van der Waals surface area contributed by atoms with Gasteiger partial charge in [0.25, 0.3) is 0 Å². The number of nitrogens with zero attached hydrogens (tertiary/aromatic N) is 1. The van der Waals surface area contributed by atoms with Crippen LogP contribution in [0, 0.1) is 5.92 Å². The summed E-state index contributed by atoms with van der Waals surface area (Å²) in [5.74, 6) is 0.256. The third-order valence-corrected chi connectivity index (χ3v) is 3.41. The lowest BCUT2D eigenvalue weighted by Crippen LogP contribution is -2.28. The minimum atomic E-state index is 0.0824. The molecule has 0 aliphatic heterocycles. The van der Waals surface area contributed by atoms with Crippen molar-refractivity contribution in [2.45, 2.75) is 38.5 Å². The lowest BCUT2D eigenvalue weighted by molar-refractivity contribution is -0.125. The lowest BCUT2D eigenvalue weighted by atomic mass is 9.89.